The second kappa shape index (κ2) is 17.5. The van der Waals surface area contributed by atoms with E-state index < -0.39 is 0 Å². The molecule has 0 heterocycles. The van der Waals surface area contributed by atoms with Crippen molar-refractivity contribution in [3.8, 4) is 0 Å². The van der Waals surface area contributed by atoms with Crippen LogP contribution in [0.1, 0.15) is 104 Å². The van der Waals surface area contributed by atoms with Crippen molar-refractivity contribution in [3.63, 3.8) is 0 Å². The third-order valence-corrected chi connectivity index (χ3v) is 4.40. The van der Waals surface area contributed by atoms with Crippen molar-refractivity contribution >= 4 is 12.2 Å². The van der Waals surface area contributed by atoms with Crippen LogP contribution in [-0.4, -0.2) is 18.7 Å². The SMILES string of the molecule is CCCCCNC(=O)CCCCCCCCCCCC(C)C=O. The molecule has 0 aromatic carbocycles. The molecular weight excluding hydrogens is 286 g/mol. The largest absolute Gasteiger partial charge is 0.356 e. The molecule has 3 nitrogen and oxygen atoms in total. The molecule has 0 saturated heterocycles. The van der Waals surface area contributed by atoms with Gasteiger partial charge in [-0.25, -0.2) is 0 Å². The van der Waals surface area contributed by atoms with Gasteiger partial charge in [0.25, 0.3) is 0 Å². The van der Waals surface area contributed by atoms with E-state index in [1.165, 1.54) is 64.2 Å². The lowest BCUT2D eigenvalue weighted by Gasteiger charge is -2.05. The zero-order valence-electron chi connectivity index (χ0n) is 15.6. The van der Waals surface area contributed by atoms with Gasteiger partial charge in [-0.05, 0) is 19.3 Å². The van der Waals surface area contributed by atoms with Gasteiger partial charge in [-0.1, -0.05) is 78.1 Å². The van der Waals surface area contributed by atoms with E-state index in [-0.39, 0.29) is 11.8 Å². The zero-order valence-corrected chi connectivity index (χ0v) is 15.6. The van der Waals surface area contributed by atoms with Crippen LogP contribution < -0.4 is 5.32 Å². The number of unbranched alkanes of at least 4 members (excludes halogenated alkanes) is 10. The van der Waals surface area contributed by atoms with Crippen LogP contribution in [0.5, 0.6) is 0 Å². The van der Waals surface area contributed by atoms with Crippen molar-refractivity contribution in [1.29, 1.82) is 0 Å². The van der Waals surface area contributed by atoms with Gasteiger partial charge in [0.05, 0.1) is 0 Å². The Morgan fingerprint density at radius 1 is 0.870 bits per heavy atom. The smallest absolute Gasteiger partial charge is 0.219 e. The summed E-state index contributed by atoms with van der Waals surface area (Å²) in [6, 6.07) is 0. The Morgan fingerprint density at radius 3 is 2.00 bits per heavy atom. The van der Waals surface area contributed by atoms with Crippen LogP contribution >= 0.6 is 0 Å². The van der Waals surface area contributed by atoms with E-state index in [4.69, 9.17) is 0 Å². The monoisotopic (exact) mass is 325 g/mol. The second-order valence-corrected chi connectivity index (χ2v) is 6.89. The summed E-state index contributed by atoms with van der Waals surface area (Å²) >= 11 is 0. The maximum absolute atomic E-state index is 11.6. The average Bonchev–Trinajstić information content (AvgIpc) is 2.56. The summed E-state index contributed by atoms with van der Waals surface area (Å²) in [7, 11) is 0. The predicted molar refractivity (Wildman–Crippen MR) is 98.5 cm³/mol. The highest BCUT2D eigenvalue weighted by atomic mass is 16.1. The summed E-state index contributed by atoms with van der Waals surface area (Å²) in [5, 5.41) is 3.00. The van der Waals surface area contributed by atoms with Gasteiger partial charge in [0.15, 0.2) is 0 Å². The highest BCUT2D eigenvalue weighted by Crippen LogP contribution is 2.13. The minimum absolute atomic E-state index is 0.227. The number of hydrogen-bond acceptors (Lipinski definition) is 2. The standard InChI is InChI=1S/C20H39NO2/c1-3-4-14-17-21-20(23)16-13-11-9-7-5-6-8-10-12-15-19(2)18-22/h18-19H,3-17H2,1-2H3,(H,21,23). The summed E-state index contributed by atoms with van der Waals surface area (Å²) in [6.07, 6.45) is 17.4. The molecule has 1 atom stereocenters. The molecule has 1 unspecified atom stereocenters. The topological polar surface area (TPSA) is 46.2 Å². The lowest BCUT2D eigenvalue weighted by molar-refractivity contribution is -0.121. The Kier molecular flexibility index (Phi) is 16.8. The van der Waals surface area contributed by atoms with Gasteiger partial charge in [0.2, 0.25) is 5.91 Å². The van der Waals surface area contributed by atoms with E-state index in [0.29, 0.717) is 6.42 Å². The Balaban J connectivity index is 3.15. The van der Waals surface area contributed by atoms with E-state index in [9.17, 15) is 9.59 Å². The summed E-state index contributed by atoms with van der Waals surface area (Å²) in [4.78, 5) is 22.1. The van der Waals surface area contributed by atoms with Crippen LogP contribution in [0, 0.1) is 5.92 Å². The number of aldehydes is 1. The van der Waals surface area contributed by atoms with Gasteiger partial charge in [0, 0.05) is 18.9 Å². The highest BCUT2D eigenvalue weighted by molar-refractivity contribution is 5.75. The van der Waals surface area contributed by atoms with Crippen molar-refractivity contribution in [2.45, 2.75) is 104 Å². The Hall–Kier alpha value is -0.860. The number of carbonyl (C=O) groups excluding carboxylic acids is 2. The zero-order chi connectivity index (χ0) is 17.2. The van der Waals surface area contributed by atoms with Gasteiger partial charge < -0.3 is 10.1 Å². The normalized spacial score (nSPS) is 12.1. The van der Waals surface area contributed by atoms with Crippen molar-refractivity contribution in [2.75, 3.05) is 6.54 Å². The molecule has 23 heavy (non-hydrogen) atoms. The Morgan fingerprint density at radius 2 is 1.43 bits per heavy atom. The number of rotatable bonds is 17. The van der Waals surface area contributed by atoms with E-state index in [1.807, 2.05) is 6.92 Å². The molecule has 0 radical (unpaired) electrons. The van der Waals surface area contributed by atoms with Crippen LogP contribution in [0.3, 0.4) is 0 Å². The maximum Gasteiger partial charge on any atom is 0.219 e. The summed E-state index contributed by atoms with van der Waals surface area (Å²) in [6.45, 7) is 5.02. The first kappa shape index (κ1) is 22.1. The lowest BCUT2D eigenvalue weighted by Crippen LogP contribution is -2.23. The highest BCUT2D eigenvalue weighted by Gasteiger charge is 2.01. The van der Waals surface area contributed by atoms with Crippen molar-refractivity contribution in [1.82, 2.24) is 5.32 Å². The molecule has 0 aliphatic rings. The molecule has 1 amide bonds. The molecule has 0 fully saturated rings. The summed E-state index contributed by atoms with van der Waals surface area (Å²) < 4.78 is 0. The Bertz CT molecular complexity index is 279. The first-order valence-corrected chi connectivity index (χ1v) is 9.92. The number of nitrogens with one attached hydrogen (secondary N) is 1. The van der Waals surface area contributed by atoms with Crippen LogP contribution in [0.4, 0.5) is 0 Å². The van der Waals surface area contributed by atoms with Crippen molar-refractivity contribution in [3.05, 3.63) is 0 Å². The average molecular weight is 326 g/mol. The van der Waals surface area contributed by atoms with Crippen LogP contribution in [-0.2, 0) is 9.59 Å². The van der Waals surface area contributed by atoms with E-state index in [2.05, 4.69) is 12.2 Å². The van der Waals surface area contributed by atoms with E-state index in [0.717, 1.165) is 32.1 Å². The molecular formula is C20H39NO2. The van der Waals surface area contributed by atoms with Gasteiger partial charge >= 0.3 is 0 Å². The van der Waals surface area contributed by atoms with Crippen molar-refractivity contribution < 1.29 is 9.59 Å². The fraction of sp³-hybridized carbons (Fsp3) is 0.900. The quantitative estimate of drug-likeness (QED) is 0.287. The number of hydrogen-bond donors (Lipinski definition) is 1. The number of carbonyl (C=O) groups is 2. The van der Waals surface area contributed by atoms with E-state index in [1.54, 1.807) is 0 Å². The van der Waals surface area contributed by atoms with Gasteiger partial charge in [-0.15, -0.1) is 0 Å². The second-order valence-electron chi connectivity index (χ2n) is 6.89. The third-order valence-electron chi connectivity index (χ3n) is 4.40. The summed E-state index contributed by atoms with van der Waals surface area (Å²) in [5.41, 5.74) is 0. The Labute approximate surface area is 144 Å². The molecule has 136 valence electrons. The first-order valence-electron chi connectivity index (χ1n) is 9.92. The van der Waals surface area contributed by atoms with Crippen LogP contribution in [0.15, 0.2) is 0 Å². The summed E-state index contributed by atoms with van der Waals surface area (Å²) in [5.74, 6) is 0.463. The van der Waals surface area contributed by atoms with Gasteiger partial charge in [-0.3, -0.25) is 4.79 Å². The fourth-order valence-corrected chi connectivity index (χ4v) is 2.75. The predicted octanol–water partition coefficient (Wildman–Crippen LogP) is 5.42. The molecule has 0 aromatic rings. The van der Waals surface area contributed by atoms with Crippen LogP contribution in [0.25, 0.3) is 0 Å². The minimum Gasteiger partial charge on any atom is -0.356 e. The molecule has 0 aliphatic carbocycles. The molecule has 0 saturated carbocycles. The van der Waals surface area contributed by atoms with E-state index >= 15 is 0 Å². The minimum atomic E-state index is 0.227. The lowest BCUT2D eigenvalue weighted by atomic mass is 10.0. The molecule has 0 spiro atoms. The molecule has 3 heteroatoms. The molecule has 0 aliphatic heterocycles. The number of amides is 1. The molecule has 0 bridgehead atoms. The third kappa shape index (κ3) is 17.3. The van der Waals surface area contributed by atoms with Crippen LogP contribution in [0.2, 0.25) is 0 Å². The van der Waals surface area contributed by atoms with Gasteiger partial charge in [-0.2, -0.15) is 0 Å². The van der Waals surface area contributed by atoms with Crippen molar-refractivity contribution in [2.24, 2.45) is 5.92 Å². The first-order chi connectivity index (χ1) is 11.2. The van der Waals surface area contributed by atoms with Gasteiger partial charge in [0.1, 0.15) is 6.29 Å². The molecule has 0 rings (SSSR count). The maximum atomic E-state index is 11.6. The fourth-order valence-electron chi connectivity index (χ4n) is 2.75. The molecule has 1 N–H and O–H groups in total. The molecule has 0 aromatic heterocycles.